The Morgan fingerprint density at radius 3 is 3.21 bits per heavy atom. The minimum absolute atomic E-state index is 0.147. The molecule has 1 aromatic carbocycles. The summed E-state index contributed by atoms with van der Waals surface area (Å²) < 4.78 is 0. The molecule has 0 bridgehead atoms. The van der Waals surface area contributed by atoms with Crippen LogP contribution in [0.4, 0.5) is 5.69 Å². The van der Waals surface area contributed by atoms with E-state index in [-0.39, 0.29) is 6.04 Å². The third kappa shape index (κ3) is 1.57. The highest BCUT2D eigenvalue weighted by Gasteiger charge is 2.12. The fraction of sp³-hybridized carbons (Fsp3) is 0.364. The van der Waals surface area contributed by atoms with Crippen molar-refractivity contribution in [2.45, 2.75) is 18.9 Å². The second-order valence-electron chi connectivity index (χ2n) is 3.56. The van der Waals surface area contributed by atoms with Gasteiger partial charge in [-0.05, 0) is 23.6 Å². The second-order valence-corrected chi connectivity index (χ2v) is 3.56. The summed E-state index contributed by atoms with van der Waals surface area (Å²) in [5.74, 6) is 0. The molecule has 1 heterocycles. The maximum atomic E-state index is 8.55. The van der Waals surface area contributed by atoms with Crippen molar-refractivity contribution in [1.82, 2.24) is 0 Å². The fourth-order valence-corrected chi connectivity index (χ4v) is 1.77. The minimum Gasteiger partial charge on any atom is -0.384 e. The van der Waals surface area contributed by atoms with Crippen LogP contribution in [0.3, 0.4) is 0 Å². The van der Waals surface area contributed by atoms with E-state index in [9.17, 15) is 0 Å². The molecule has 3 N–H and O–H groups in total. The van der Waals surface area contributed by atoms with Gasteiger partial charge in [-0.3, -0.25) is 0 Å². The van der Waals surface area contributed by atoms with Crippen molar-refractivity contribution in [2.75, 3.05) is 11.9 Å². The van der Waals surface area contributed by atoms with Crippen molar-refractivity contribution in [3.8, 4) is 6.07 Å². The van der Waals surface area contributed by atoms with Crippen molar-refractivity contribution < 1.29 is 0 Å². The van der Waals surface area contributed by atoms with Crippen LogP contribution in [0.2, 0.25) is 0 Å². The molecule has 3 nitrogen and oxygen atoms in total. The lowest BCUT2D eigenvalue weighted by molar-refractivity contribution is 0.747. The SMILES string of the molecule is N#CC[C@@H](N)c1ccc2c(c1)CCN2. The van der Waals surface area contributed by atoms with Crippen molar-refractivity contribution in [3.05, 3.63) is 29.3 Å². The zero-order valence-corrected chi connectivity index (χ0v) is 7.96. The van der Waals surface area contributed by atoms with E-state index < -0.39 is 0 Å². The van der Waals surface area contributed by atoms with Gasteiger partial charge in [-0.25, -0.2) is 0 Å². The van der Waals surface area contributed by atoms with Crippen molar-refractivity contribution in [2.24, 2.45) is 5.73 Å². The number of rotatable bonds is 2. The van der Waals surface area contributed by atoms with Gasteiger partial charge in [0.1, 0.15) is 0 Å². The van der Waals surface area contributed by atoms with Crippen LogP contribution >= 0.6 is 0 Å². The number of nitrogens with one attached hydrogen (secondary N) is 1. The average molecular weight is 187 g/mol. The molecule has 1 aliphatic rings. The molecule has 1 aromatic rings. The van der Waals surface area contributed by atoms with Gasteiger partial charge in [-0.15, -0.1) is 0 Å². The smallest absolute Gasteiger partial charge is 0.0641 e. The zero-order valence-electron chi connectivity index (χ0n) is 7.96. The largest absolute Gasteiger partial charge is 0.384 e. The van der Waals surface area contributed by atoms with Crippen LogP contribution < -0.4 is 11.1 Å². The maximum absolute atomic E-state index is 8.55. The molecule has 0 amide bonds. The normalized spacial score (nSPS) is 15.4. The summed E-state index contributed by atoms with van der Waals surface area (Å²) in [5, 5.41) is 11.8. The molecule has 1 aliphatic heterocycles. The monoisotopic (exact) mass is 187 g/mol. The number of hydrogen-bond acceptors (Lipinski definition) is 3. The molecule has 0 saturated carbocycles. The number of nitriles is 1. The highest BCUT2D eigenvalue weighted by atomic mass is 14.9. The van der Waals surface area contributed by atoms with Gasteiger partial charge in [-0.1, -0.05) is 12.1 Å². The van der Waals surface area contributed by atoms with Crippen LogP contribution in [0, 0.1) is 11.3 Å². The summed E-state index contributed by atoms with van der Waals surface area (Å²) in [7, 11) is 0. The molecular formula is C11H13N3. The Hall–Kier alpha value is -1.53. The molecule has 0 aliphatic carbocycles. The molecule has 3 heteroatoms. The van der Waals surface area contributed by atoms with E-state index in [1.54, 1.807) is 0 Å². The summed E-state index contributed by atoms with van der Waals surface area (Å²) in [6, 6.07) is 8.10. The number of benzene rings is 1. The van der Waals surface area contributed by atoms with Gasteiger partial charge in [-0.2, -0.15) is 5.26 Å². The predicted octanol–water partition coefficient (Wildman–Crippen LogP) is 1.57. The Morgan fingerprint density at radius 2 is 2.43 bits per heavy atom. The van der Waals surface area contributed by atoms with Crippen molar-refractivity contribution in [3.63, 3.8) is 0 Å². The third-order valence-corrected chi connectivity index (χ3v) is 2.58. The first-order chi connectivity index (χ1) is 6.81. The number of fused-ring (bicyclic) bond motifs is 1. The van der Waals surface area contributed by atoms with Crippen LogP contribution in [-0.2, 0) is 6.42 Å². The molecule has 0 spiro atoms. The van der Waals surface area contributed by atoms with E-state index in [0.717, 1.165) is 18.5 Å². The molecule has 2 rings (SSSR count). The Morgan fingerprint density at radius 1 is 1.57 bits per heavy atom. The van der Waals surface area contributed by atoms with Crippen LogP contribution in [0.1, 0.15) is 23.6 Å². The lowest BCUT2D eigenvalue weighted by atomic mass is 10.0. The van der Waals surface area contributed by atoms with E-state index in [2.05, 4.69) is 23.5 Å². The van der Waals surface area contributed by atoms with Crippen LogP contribution in [0.25, 0.3) is 0 Å². The molecule has 72 valence electrons. The molecule has 1 atom stereocenters. The van der Waals surface area contributed by atoms with Gasteiger partial charge in [0, 0.05) is 18.3 Å². The van der Waals surface area contributed by atoms with Gasteiger partial charge < -0.3 is 11.1 Å². The highest BCUT2D eigenvalue weighted by Crippen LogP contribution is 2.25. The quantitative estimate of drug-likeness (QED) is 0.738. The van der Waals surface area contributed by atoms with Crippen LogP contribution in [0.15, 0.2) is 18.2 Å². The predicted molar refractivity (Wildman–Crippen MR) is 55.8 cm³/mol. The summed E-state index contributed by atoms with van der Waals surface area (Å²) in [6.45, 7) is 1.01. The Labute approximate surface area is 83.5 Å². The molecule has 0 unspecified atom stereocenters. The molecular weight excluding hydrogens is 174 g/mol. The lowest BCUT2D eigenvalue weighted by Gasteiger charge is -2.09. The Bertz CT molecular complexity index is 379. The summed E-state index contributed by atoms with van der Waals surface area (Å²) in [5.41, 5.74) is 9.44. The first-order valence-corrected chi connectivity index (χ1v) is 4.80. The maximum Gasteiger partial charge on any atom is 0.0641 e. The van der Waals surface area contributed by atoms with E-state index in [0.29, 0.717) is 6.42 Å². The minimum atomic E-state index is -0.147. The topological polar surface area (TPSA) is 61.8 Å². The first kappa shape index (κ1) is 9.04. The number of nitrogens with two attached hydrogens (primary N) is 1. The molecule has 0 fully saturated rings. The number of hydrogen-bond donors (Lipinski definition) is 2. The molecule has 0 aromatic heterocycles. The van der Waals surface area contributed by atoms with Crippen LogP contribution in [-0.4, -0.2) is 6.54 Å². The lowest BCUT2D eigenvalue weighted by Crippen LogP contribution is -2.09. The van der Waals surface area contributed by atoms with Gasteiger partial charge in [0.05, 0.1) is 12.5 Å². The van der Waals surface area contributed by atoms with Gasteiger partial charge in [0.25, 0.3) is 0 Å². The second kappa shape index (κ2) is 3.69. The summed E-state index contributed by atoms with van der Waals surface area (Å²) in [4.78, 5) is 0. The third-order valence-electron chi connectivity index (χ3n) is 2.58. The molecule has 0 radical (unpaired) electrons. The standard InChI is InChI=1S/C11H13N3/c12-5-3-10(13)8-1-2-11-9(7-8)4-6-14-11/h1-2,7,10,14H,3-4,6,13H2/t10-/m1/s1. The number of nitrogens with zero attached hydrogens (tertiary/aromatic N) is 1. The van der Waals surface area contributed by atoms with E-state index in [1.165, 1.54) is 11.3 Å². The van der Waals surface area contributed by atoms with Gasteiger partial charge in [0.15, 0.2) is 0 Å². The highest BCUT2D eigenvalue weighted by molar-refractivity contribution is 5.56. The summed E-state index contributed by atoms with van der Waals surface area (Å²) >= 11 is 0. The number of anilines is 1. The van der Waals surface area contributed by atoms with E-state index in [1.807, 2.05) is 6.07 Å². The van der Waals surface area contributed by atoms with Crippen molar-refractivity contribution in [1.29, 1.82) is 5.26 Å². The first-order valence-electron chi connectivity index (χ1n) is 4.80. The summed E-state index contributed by atoms with van der Waals surface area (Å²) in [6.07, 6.45) is 1.44. The fourth-order valence-electron chi connectivity index (χ4n) is 1.77. The zero-order chi connectivity index (χ0) is 9.97. The van der Waals surface area contributed by atoms with Crippen molar-refractivity contribution >= 4 is 5.69 Å². The average Bonchev–Trinajstić information content (AvgIpc) is 2.64. The molecule has 14 heavy (non-hydrogen) atoms. The van der Waals surface area contributed by atoms with Gasteiger partial charge in [0.2, 0.25) is 0 Å². The van der Waals surface area contributed by atoms with Crippen LogP contribution in [0.5, 0.6) is 0 Å². The van der Waals surface area contributed by atoms with E-state index in [4.69, 9.17) is 11.0 Å². The van der Waals surface area contributed by atoms with E-state index >= 15 is 0 Å². The molecule has 0 saturated heterocycles. The Kier molecular flexibility index (Phi) is 2.38. The Balaban J connectivity index is 2.25. The van der Waals surface area contributed by atoms with Gasteiger partial charge >= 0.3 is 0 Å².